The minimum Gasteiger partial charge on any atom is -0.347 e. The summed E-state index contributed by atoms with van der Waals surface area (Å²) in [5.74, 6) is 5.80. The highest BCUT2D eigenvalue weighted by Crippen LogP contribution is 2.28. The first-order valence-corrected chi connectivity index (χ1v) is 7.66. The van der Waals surface area contributed by atoms with Gasteiger partial charge < -0.3 is 11.1 Å². The quantitative estimate of drug-likeness (QED) is 0.821. The van der Waals surface area contributed by atoms with E-state index in [2.05, 4.69) is 24.1 Å². The number of benzene rings is 1. The lowest BCUT2D eigenvalue weighted by atomic mass is 9.83. The van der Waals surface area contributed by atoms with Crippen molar-refractivity contribution < 1.29 is 4.79 Å². The molecule has 0 spiro atoms. The third kappa shape index (κ3) is 4.09. The molecule has 0 unspecified atom stereocenters. The molecular weight excluding hydrogens is 260 g/mol. The van der Waals surface area contributed by atoms with Gasteiger partial charge in [0.1, 0.15) is 0 Å². The van der Waals surface area contributed by atoms with Gasteiger partial charge in [-0.05, 0) is 38.8 Å². The number of carbonyl (C=O) groups excluding carboxylic acids is 1. The molecular formula is C18H24N2O. The minimum absolute atomic E-state index is 0.0237. The third-order valence-corrected chi connectivity index (χ3v) is 4.12. The van der Waals surface area contributed by atoms with Gasteiger partial charge in [-0.15, -0.1) is 0 Å². The van der Waals surface area contributed by atoms with Crippen molar-refractivity contribution in [1.82, 2.24) is 5.32 Å². The fourth-order valence-electron chi connectivity index (χ4n) is 2.90. The molecule has 0 saturated heterocycles. The molecule has 1 aliphatic rings. The molecule has 21 heavy (non-hydrogen) atoms. The monoisotopic (exact) mass is 284 g/mol. The molecule has 1 aliphatic carbocycles. The van der Waals surface area contributed by atoms with Crippen LogP contribution < -0.4 is 11.1 Å². The highest BCUT2D eigenvalue weighted by atomic mass is 16.1. The van der Waals surface area contributed by atoms with Gasteiger partial charge >= 0.3 is 0 Å². The molecule has 0 aromatic heterocycles. The molecule has 1 aromatic carbocycles. The van der Waals surface area contributed by atoms with Crippen LogP contribution in [0.2, 0.25) is 0 Å². The van der Waals surface area contributed by atoms with Gasteiger partial charge in [0.25, 0.3) is 5.91 Å². The fraction of sp³-hybridized carbons (Fsp3) is 0.500. The molecule has 1 aromatic rings. The third-order valence-electron chi connectivity index (χ3n) is 4.12. The molecule has 0 heterocycles. The molecule has 1 amide bonds. The van der Waals surface area contributed by atoms with Crippen molar-refractivity contribution in [2.24, 2.45) is 5.73 Å². The Morgan fingerprint density at radius 1 is 1.33 bits per heavy atom. The van der Waals surface area contributed by atoms with Crippen molar-refractivity contribution in [2.75, 3.05) is 6.54 Å². The van der Waals surface area contributed by atoms with Gasteiger partial charge in [-0.2, -0.15) is 0 Å². The normalized spacial score (nSPS) is 16.7. The van der Waals surface area contributed by atoms with Crippen molar-refractivity contribution in [2.45, 2.75) is 51.5 Å². The Labute approximate surface area is 127 Å². The summed E-state index contributed by atoms with van der Waals surface area (Å²) < 4.78 is 0. The minimum atomic E-state index is -0.0857. The summed E-state index contributed by atoms with van der Waals surface area (Å²) in [5, 5.41) is 3.22. The Morgan fingerprint density at radius 2 is 2.05 bits per heavy atom. The van der Waals surface area contributed by atoms with E-state index in [1.165, 1.54) is 19.3 Å². The lowest BCUT2D eigenvalue weighted by Crippen LogP contribution is -2.47. The first kappa shape index (κ1) is 15.6. The summed E-state index contributed by atoms with van der Waals surface area (Å²) in [6.07, 6.45) is 5.74. The Bertz CT molecular complexity index is 575. The van der Waals surface area contributed by atoms with Crippen LogP contribution in [0.4, 0.5) is 0 Å². The van der Waals surface area contributed by atoms with Gasteiger partial charge in [-0.25, -0.2) is 0 Å². The summed E-state index contributed by atoms with van der Waals surface area (Å²) in [6.45, 7) is 4.43. The van der Waals surface area contributed by atoms with Crippen LogP contribution in [0.5, 0.6) is 0 Å². The van der Waals surface area contributed by atoms with Crippen LogP contribution in [0.15, 0.2) is 18.2 Å². The molecule has 112 valence electrons. The maximum Gasteiger partial charge on any atom is 0.252 e. The van der Waals surface area contributed by atoms with E-state index in [1.54, 1.807) is 0 Å². The average molecular weight is 284 g/mol. The number of aryl methyl sites for hydroxylation is 1. The Morgan fingerprint density at radius 3 is 2.71 bits per heavy atom. The predicted molar refractivity (Wildman–Crippen MR) is 86.1 cm³/mol. The van der Waals surface area contributed by atoms with Gasteiger partial charge in [0, 0.05) is 11.1 Å². The van der Waals surface area contributed by atoms with Crippen molar-refractivity contribution >= 4 is 5.91 Å². The van der Waals surface area contributed by atoms with Crippen molar-refractivity contribution in [3.05, 3.63) is 34.9 Å². The molecule has 0 radical (unpaired) electrons. The topological polar surface area (TPSA) is 55.1 Å². The van der Waals surface area contributed by atoms with Gasteiger partial charge in [-0.1, -0.05) is 42.7 Å². The number of rotatable bonds is 2. The zero-order chi connectivity index (χ0) is 15.3. The van der Waals surface area contributed by atoms with Gasteiger partial charge in [-0.3, -0.25) is 4.79 Å². The predicted octanol–water partition coefficient (Wildman–Crippen LogP) is 2.76. The molecule has 0 bridgehead atoms. The molecule has 3 nitrogen and oxygen atoms in total. The Kier molecular flexibility index (Phi) is 5.03. The van der Waals surface area contributed by atoms with Crippen LogP contribution in [-0.2, 0) is 0 Å². The van der Waals surface area contributed by atoms with E-state index in [4.69, 9.17) is 5.73 Å². The second-order valence-corrected chi connectivity index (χ2v) is 6.13. The van der Waals surface area contributed by atoms with Crippen molar-refractivity contribution in [3.63, 3.8) is 0 Å². The van der Waals surface area contributed by atoms with Crippen molar-refractivity contribution in [1.29, 1.82) is 0 Å². The zero-order valence-corrected chi connectivity index (χ0v) is 13.0. The number of carbonyl (C=O) groups is 1. The Balaban J connectivity index is 2.23. The maximum atomic E-state index is 12.6. The van der Waals surface area contributed by atoms with E-state index in [9.17, 15) is 4.79 Å². The Hall–Kier alpha value is -1.79. The van der Waals surface area contributed by atoms with E-state index in [0.717, 1.165) is 24.0 Å². The molecule has 0 atom stereocenters. The number of amides is 1. The first-order valence-electron chi connectivity index (χ1n) is 7.66. The molecule has 0 aliphatic heterocycles. The smallest absolute Gasteiger partial charge is 0.252 e. The summed E-state index contributed by atoms with van der Waals surface area (Å²) in [5.41, 5.74) is 7.81. The average Bonchev–Trinajstić information content (AvgIpc) is 2.46. The van der Waals surface area contributed by atoms with Crippen LogP contribution in [-0.4, -0.2) is 18.0 Å². The lowest BCUT2D eigenvalue weighted by molar-refractivity contribution is 0.0882. The number of hydrogen-bond donors (Lipinski definition) is 2. The molecule has 3 N–H and O–H groups in total. The summed E-state index contributed by atoms with van der Waals surface area (Å²) in [4.78, 5) is 12.6. The maximum absolute atomic E-state index is 12.6. The highest BCUT2D eigenvalue weighted by Gasteiger charge is 2.29. The molecule has 2 rings (SSSR count). The second kappa shape index (κ2) is 6.78. The van der Waals surface area contributed by atoms with Crippen LogP contribution in [0, 0.1) is 18.8 Å². The van der Waals surface area contributed by atoms with E-state index in [-0.39, 0.29) is 11.4 Å². The first-order chi connectivity index (χ1) is 10.0. The standard InChI is InChI=1S/C18H24N2O/c1-14-8-9-15(7-6-12-19)16(13-14)17(21)20-18(2)10-4-3-5-11-18/h8-9,13H,3-5,10-12,19H2,1-2H3,(H,20,21). The highest BCUT2D eigenvalue weighted by molar-refractivity contribution is 5.97. The van der Waals surface area contributed by atoms with E-state index < -0.39 is 0 Å². The largest absolute Gasteiger partial charge is 0.347 e. The second-order valence-electron chi connectivity index (χ2n) is 6.13. The summed E-state index contributed by atoms with van der Waals surface area (Å²) in [7, 11) is 0. The molecule has 1 saturated carbocycles. The van der Waals surface area contributed by atoms with Crippen LogP contribution in [0.25, 0.3) is 0 Å². The van der Waals surface area contributed by atoms with E-state index in [0.29, 0.717) is 12.1 Å². The van der Waals surface area contributed by atoms with Crippen LogP contribution in [0.1, 0.15) is 60.5 Å². The van der Waals surface area contributed by atoms with Crippen molar-refractivity contribution in [3.8, 4) is 11.8 Å². The van der Waals surface area contributed by atoms with Gasteiger partial charge in [0.05, 0.1) is 12.1 Å². The van der Waals surface area contributed by atoms with Crippen LogP contribution in [0.3, 0.4) is 0 Å². The number of hydrogen-bond acceptors (Lipinski definition) is 2. The summed E-state index contributed by atoms with van der Waals surface area (Å²) in [6, 6.07) is 5.78. The lowest BCUT2D eigenvalue weighted by Gasteiger charge is -2.34. The van der Waals surface area contributed by atoms with Gasteiger partial charge in [0.2, 0.25) is 0 Å². The number of nitrogens with two attached hydrogens (primary N) is 1. The van der Waals surface area contributed by atoms with Gasteiger partial charge in [0.15, 0.2) is 0 Å². The van der Waals surface area contributed by atoms with E-state index in [1.807, 2.05) is 25.1 Å². The summed E-state index contributed by atoms with van der Waals surface area (Å²) >= 11 is 0. The fourth-order valence-corrected chi connectivity index (χ4v) is 2.90. The van der Waals surface area contributed by atoms with E-state index >= 15 is 0 Å². The number of nitrogens with one attached hydrogen (secondary N) is 1. The molecule has 1 fully saturated rings. The SMILES string of the molecule is Cc1ccc(C#CCN)c(C(=O)NC2(C)CCCCC2)c1. The molecule has 3 heteroatoms. The zero-order valence-electron chi connectivity index (χ0n) is 13.0. The van der Waals surface area contributed by atoms with Crippen LogP contribution >= 0.6 is 0 Å².